The van der Waals surface area contributed by atoms with Crippen molar-refractivity contribution in [3.8, 4) is 0 Å². The number of carbonyl (C=O) groups is 1. The minimum atomic E-state index is -0.828. The maximum absolute atomic E-state index is 11.9. The molecule has 2 unspecified atom stereocenters. The molecule has 1 aromatic carbocycles. The fourth-order valence-corrected chi connectivity index (χ4v) is 2.97. The summed E-state index contributed by atoms with van der Waals surface area (Å²) in [6.45, 7) is 0.521. The molecule has 1 aromatic rings. The number of carbonyl (C=O) groups excluding carboxylic acids is 1. The first-order valence-corrected chi connectivity index (χ1v) is 7.24. The highest BCUT2D eigenvalue weighted by molar-refractivity contribution is 5.81. The van der Waals surface area contributed by atoms with Gasteiger partial charge in [-0.1, -0.05) is 30.3 Å². The van der Waals surface area contributed by atoms with Gasteiger partial charge < -0.3 is 19.2 Å². The summed E-state index contributed by atoms with van der Waals surface area (Å²) in [4.78, 5) is 13.9. The average molecular weight is 301 g/mol. The van der Waals surface area contributed by atoms with Crippen LogP contribution in [-0.2, 0) is 14.3 Å². The van der Waals surface area contributed by atoms with Gasteiger partial charge in [-0.25, -0.2) is 0 Å². The van der Waals surface area contributed by atoms with E-state index in [1.54, 1.807) is 14.2 Å². The van der Waals surface area contributed by atoms with Crippen LogP contribution in [-0.4, -0.2) is 52.1 Å². The summed E-state index contributed by atoms with van der Waals surface area (Å²) >= 11 is 0. The third-order valence-electron chi connectivity index (χ3n) is 3.95. The van der Waals surface area contributed by atoms with E-state index in [0.29, 0.717) is 12.3 Å². The van der Waals surface area contributed by atoms with E-state index in [1.165, 1.54) is 0 Å². The van der Waals surface area contributed by atoms with Crippen molar-refractivity contribution in [2.24, 2.45) is 5.41 Å². The SMILES string of the molecule is COC1=CC(c2ccccc2)=CC(OC)C1(C=O)CN(C)C. The Morgan fingerprint density at radius 1 is 1.23 bits per heavy atom. The molecule has 0 heterocycles. The second-order valence-electron chi connectivity index (χ2n) is 5.75. The molecule has 4 heteroatoms. The zero-order valence-corrected chi connectivity index (χ0v) is 13.6. The molecule has 0 N–H and O–H groups in total. The molecule has 0 aromatic heterocycles. The van der Waals surface area contributed by atoms with E-state index in [-0.39, 0.29) is 6.10 Å². The fourth-order valence-electron chi connectivity index (χ4n) is 2.97. The van der Waals surface area contributed by atoms with Crippen molar-refractivity contribution in [3.63, 3.8) is 0 Å². The lowest BCUT2D eigenvalue weighted by molar-refractivity contribution is -0.123. The van der Waals surface area contributed by atoms with Crippen LogP contribution in [0, 0.1) is 5.41 Å². The molecule has 0 amide bonds. The number of allylic oxidation sites excluding steroid dienone is 2. The number of ether oxygens (including phenoxy) is 2. The molecule has 4 nitrogen and oxygen atoms in total. The van der Waals surface area contributed by atoms with Crippen molar-refractivity contribution in [3.05, 3.63) is 53.8 Å². The van der Waals surface area contributed by atoms with E-state index in [9.17, 15) is 4.79 Å². The van der Waals surface area contributed by atoms with Gasteiger partial charge in [0.25, 0.3) is 0 Å². The molecule has 2 atom stereocenters. The van der Waals surface area contributed by atoms with Crippen LogP contribution in [0.1, 0.15) is 5.56 Å². The molecule has 2 rings (SSSR count). The monoisotopic (exact) mass is 301 g/mol. The van der Waals surface area contributed by atoms with Gasteiger partial charge in [0.05, 0.1) is 13.2 Å². The van der Waals surface area contributed by atoms with Crippen molar-refractivity contribution < 1.29 is 14.3 Å². The molecule has 0 radical (unpaired) electrons. The number of nitrogens with zero attached hydrogens (tertiary/aromatic N) is 1. The highest BCUT2D eigenvalue weighted by atomic mass is 16.5. The molecule has 0 bridgehead atoms. The highest BCUT2D eigenvalue weighted by Gasteiger charge is 2.46. The van der Waals surface area contributed by atoms with Crippen molar-refractivity contribution >= 4 is 11.9 Å². The van der Waals surface area contributed by atoms with Crippen LogP contribution < -0.4 is 0 Å². The number of rotatable bonds is 6. The van der Waals surface area contributed by atoms with Crippen LogP contribution in [0.3, 0.4) is 0 Å². The smallest absolute Gasteiger partial charge is 0.137 e. The first kappa shape index (κ1) is 16.5. The number of benzene rings is 1. The third-order valence-corrected chi connectivity index (χ3v) is 3.95. The lowest BCUT2D eigenvalue weighted by Crippen LogP contribution is -2.48. The van der Waals surface area contributed by atoms with Crippen molar-refractivity contribution in [2.75, 3.05) is 34.9 Å². The number of hydrogen-bond donors (Lipinski definition) is 0. The second kappa shape index (κ2) is 6.90. The van der Waals surface area contributed by atoms with Crippen LogP contribution in [0.15, 0.2) is 48.2 Å². The Hall–Kier alpha value is -1.91. The van der Waals surface area contributed by atoms with Gasteiger partial charge in [-0.05, 0) is 37.4 Å². The molecular formula is C18H23NO3. The Balaban J connectivity index is 2.51. The zero-order chi connectivity index (χ0) is 16.2. The maximum atomic E-state index is 11.9. The van der Waals surface area contributed by atoms with Gasteiger partial charge in [0, 0.05) is 13.7 Å². The lowest BCUT2D eigenvalue weighted by atomic mass is 9.75. The average Bonchev–Trinajstić information content (AvgIpc) is 2.54. The molecule has 22 heavy (non-hydrogen) atoms. The van der Waals surface area contributed by atoms with E-state index >= 15 is 0 Å². The summed E-state index contributed by atoms with van der Waals surface area (Å²) in [5.41, 5.74) is 1.25. The van der Waals surface area contributed by atoms with Gasteiger partial charge in [0.2, 0.25) is 0 Å². The molecular weight excluding hydrogens is 278 g/mol. The van der Waals surface area contributed by atoms with E-state index in [0.717, 1.165) is 17.4 Å². The molecule has 0 saturated carbocycles. The standard InChI is InChI=1S/C18H23NO3/c1-19(2)12-18(13-20)16(21-3)10-15(11-17(18)22-4)14-8-6-5-7-9-14/h5-11,13,16H,12H2,1-4H3. The first-order valence-electron chi connectivity index (χ1n) is 7.24. The van der Waals surface area contributed by atoms with Gasteiger partial charge >= 0.3 is 0 Å². The molecule has 118 valence electrons. The summed E-state index contributed by atoms with van der Waals surface area (Å²) in [7, 11) is 7.08. The Morgan fingerprint density at radius 3 is 2.41 bits per heavy atom. The quantitative estimate of drug-likeness (QED) is 0.756. The molecule has 0 fully saturated rings. The van der Waals surface area contributed by atoms with E-state index in [2.05, 4.69) is 0 Å². The maximum Gasteiger partial charge on any atom is 0.137 e. The third kappa shape index (κ3) is 2.98. The lowest BCUT2D eigenvalue weighted by Gasteiger charge is -2.39. The molecule has 0 aliphatic heterocycles. The molecule has 1 aliphatic carbocycles. The van der Waals surface area contributed by atoms with Gasteiger partial charge in [0.15, 0.2) is 0 Å². The number of aldehydes is 1. The minimum Gasteiger partial charge on any atom is -0.500 e. The van der Waals surface area contributed by atoms with E-state index < -0.39 is 5.41 Å². The minimum absolute atomic E-state index is 0.373. The van der Waals surface area contributed by atoms with Crippen LogP contribution >= 0.6 is 0 Å². The van der Waals surface area contributed by atoms with Gasteiger partial charge in [0.1, 0.15) is 17.5 Å². The van der Waals surface area contributed by atoms with Crippen LogP contribution in [0.2, 0.25) is 0 Å². The molecule has 0 spiro atoms. The van der Waals surface area contributed by atoms with Crippen molar-refractivity contribution in [2.45, 2.75) is 6.10 Å². The first-order chi connectivity index (χ1) is 10.6. The predicted octanol–water partition coefficient (Wildman–Crippen LogP) is 2.38. The second-order valence-corrected chi connectivity index (χ2v) is 5.75. The summed E-state index contributed by atoms with van der Waals surface area (Å²) in [5, 5.41) is 0. The largest absolute Gasteiger partial charge is 0.500 e. The van der Waals surface area contributed by atoms with Gasteiger partial charge in [-0.15, -0.1) is 0 Å². The van der Waals surface area contributed by atoms with Crippen molar-refractivity contribution in [1.82, 2.24) is 4.90 Å². The van der Waals surface area contributed by atoms with E-state index in [4.69, 9.17) is 9.47 Å². The van der Waals surface area contributed by atoms with E-state index in [1.807, 2.05) is 61.5 Å². The summed E-state index contributed by atoms with van der Waals surface area (Å²) in [6, 6.07) is 10.0. The van der Waals surface area contributed by atoms with Crippen LogP contribution in [0.4, 0.5) is 0 Å². The highest BCUT2D eigenvalue weighted by Crippen LogP contribution is 2.40. The predicted molar refractivity (Wildman–Crippen MR) is 87.4 cm³/mol. The van der Waals surface area contributed by atoms with Crippen LogP contribution in [0.5, 0.6) is 0 Å². The fraction of sp³-hybridized carbons (Fsp3) is 0.389. The normalized spacial score (nSPS) is 24.7. The Bertz CT molecular complexity index is 577. The molecule has 1 aliphatic rings. The Labute approximate surface area is 132 Å². The van der Waals surface area contributed by atoms with Crippen LogP contribution in [0.25, 0.3) is 5.57 Å². The van der Waals surface area contributed by atoms with Crippen molar-refractivity contribution in [1.29, 1.82) is 0 Å². The number of hydrogen-bond acceptors (Lipinski definition) is 4. The topological polar surface area (TPSA) is 38.8 Å². The molecule has 0 saturated heterocycles. The van der Waals surface area contributed by atoms with Gasteiger partial charge in [-0.3, -0.25) is 0 Å². The summed E-state index contributed by atoms with van der Waals surface area (Å²) in [5.74, 6) is 0.629. The Morgan fingerprint density at radius 2 is 1.91 bits per heavy atom. The summed E-state index contributed by atoms with van der Waals surface area (Å²) in [6.07, 6.45) is 4.50. The Kier molecular flexibility index (Phi) is 5.16. The zero-order valence-electron chi connectivity index (χ0n) is 13.6. The summed E-state index contributed by atoms with van der Waals surface area (Å²) < 4.78 is 11.2. The number of methoxy groups -OCH3 is 2. The van der Waals surface area contributed by atoms with Gasteiger partial charge in [-0.2, -0.15) is 0 Å².